The summed E-state index contributed by atoms with van der Waals surface area (Å²) in [6.07, 6.45) is -14.7. The van der Waals surface area contributed by atoms with E-state index in [0.717, 1.165) is 23.5 Å². The molecule has 0 saturated carbocycles. The highest BCUT2D eigenvalue weighted by atomic mass is 31.2. The molecule has 16 N–H and O–H groups in total. The number of hydrogen-bond acceptors (Lipinski definition) is 30. The molecule has 0 spiro atoms. The third-order valence-corrected chi connectivity index (χ3v) is 17.5. The van der Waals surface area contributed by atoms with Crippen molar-refractivity contribution in [2.24, 2.45) is 0 Å². The molecule has 4 aliphatic heterocycles. The number of aliphatic hydroxyl groups excluding tert-OH is 1. The highest BCUT2D eigenvalue weighted by Crippen LogP contribution is 2.54. The van der Waals surface area contributed by atoms with E-state index in [4.69, 9.17) is 67.8 Å². The molecule has 4 aliphatic rings. The van der Waals surface area contributed by atoms with E-state index in [-0.39, 0.29) is 69.7 Å². The quantitative estimate of drug-likeness (QED) is 0.0303. The van der Waals surface area contributed by atoms with Gasteiger partial charge in [-0.1, -0.05) is 0 Å². The van der Waals surface area contributed by atoms with E-state index in [2.05, 4.69) is 49.8 Å². The van der Waals surface area contributed by atoms with Crippen LogP contribution in [0.25, 0.3) is 33.5 Å². The topological polar surface area (TPSA) is 615 Å². The Balaban J connectivity index is 0.810. The summed E-state index contributed by atoms with van der Waals surface area (Å²) in [7, 11) is -21.5. The molecule has 3 unspecified atom stereocenters. The predicted molar refractivity (Wildman–Crippen MR) is 284 cm³/mol. The average Bonchev–Trinajstić information content (AvgIpc) is 1.83. The van der Waals surface area contributed by atoms with E-state index in [1.807, 2.05) is 0 Å². The molecule has 15 atom stereocenters. The fraction of sp³-hybridized carbons (Fsp3) is 0.525. The largest absolute Gasteiger partial charge is 0.472 e. The first-order chi connectivity index (χ1) is 41.0. The number of anilines is 3. The smallest absolute Gasteiger partial charge is 0.394 e. The molecule has 4 fully saturated rings. The van der Waals surface area contributed by atoms with Gasteiger partial charge in [0.05, 0.1) is 45.4 Å². The second kappa shape index (κ2) is 23.7. The van der Waals surface area contributed by atoms with Crippen LogP contribution in [-0.4, -0.2) is 173 Å². The summed E-state index contributed by atoms with van der Waals surface area (Å²) in [6, 6.07) is 0. The van der Waals surface area contributed by atoms with Crippen LogP contribution in [0.4, 0.5) is 17.8 Å². The zero-order valence-electron chi connectivity index (χ0n) is 44.2. The Morgan fingerprint density at radius 3 is 1.17 bits per heavy atom. The summed E-state index contributed by atoms with van der Waals surface area (Å²) >= 11 is 0. The van der Waals surface area contributed by atoms with Gasteiger partial charge in [0.1, 0.15) is 73.7 Å². The maximum absolute atomic E-state index is 14.1. The van der Waals surface area contributed by atoms with Crippen molar-refractivity contribution in [3.8, 4) is 0 Å². The van der Waals surface area contributed by atoms with Crippen LogP contribution in [0.3, 0.4) is 0 Å². The zero-order chi connectivity index (χ0) is 62.2. The number of H-pyrrole nitrogens is 4. The van der Waals surface area contributed by atoms with Gasteiger partial charge in [0, 0.05) is 37.4 Å². The second-order valence-corrected chi connectivity index (χ2v) is 25.2. The molecule has 7 aromatic heterocycles. The maximum atomic E-state index is 14.1. The van der Waals surface area contributed by atoms with Gasteiger partial charge in [-0.3, -0.25) is 89.0 Å². The summed E-state index contributed by atoms with van der Waals surface area (Å²) in [5.41, 5.74) is 12.6. The third-order valence-electron chi connectivity index (χ3n) is 13.9. The number of nitrogen functional groups attached to an aromatic ring is 3. The van der Waals surface area contributed by atoms with Gasteiger partial charge in [-0.25, -0.2) is 38.0 Å². The monoisotopic (exact) mass is 1310 g/mol. The number of rotatable bonds is 22. The molecule has 0 amide bonds. The maximum Gasteiger partial charge on any atom is 0.472 e. The number of fused-ring (bicyclic) bond motifs is 3. The number of nitrogens with one attached hydrogen (secondary N) is 4. The van der Waals surface area contributed by atoms with Crippen molar-refractivity contribution < 1.29 is 98.4 Å². The lowest BCUT2D eigenvalue weighted by Gasteiger charge is -2.25. The highest BCUT2D eigenvalue weighted by Gasteiger charge is 2.49. The first-order valence-corrected chi connectivity index (χ1v) is 31.4. The summed E-state index contributed by atoms with van der Waals surface area (Å²) in [4.78, 5) is 149. The van der Waals surface area contributed by atoms with Crippen LogP contribution in [0.5, 0.6) is 0 Å². The van der Waals surface area contributed by atoms with Crippen LogP contribution >= 0.6 is 31.3 Å². The Labute approximate surface area is 480 Å². The number of aliphatic hydroxyl groups is 1. The Hall–Kier alpha value is -6.63. The van der Waals surface area contributed by atoms with Crippen molar-refractivity contribution in [2.75, 3.05) is 43.6 Å². The van der Waals surface area contributed by atoms with E-state index in [1.54, 1.807) is 0 Å². The van der Waals surface area contributed by atoms with Gasteiger partial charge in [-0.05, 0) is 6.92 Å². The second-order valence-electron chi connectivity index (χ2n) is 19.8. The average molecular weight is 1310 g/mol. The molecule has 0 aliphatic carbocycles. The molecule has 11 heterocycles. The molecule has 0 bridgehead atoms. The minimum atomic E-state index is -5.49. The highest BCUT2D eigenvalue weighted by molar-refractivity contribution is 7.48. The molecule has 0 aromatic carbocycles. The lowest BCUT2D eigenvalue weighted by atomic mass is 10.2. The standard InChI is InChI=1S/C40H51N17O26P4/c1-14-6-54(40(63)53-33(14)59)23-2-15(19(7-58)76-23)81-85(67,68)74-9-21-17(4-25(78-21)56-12-45-28-31(56)48-38(42)51-35(28)61)83-87(71,72)75-10-22-18(5-26(79-22)57-13-46-29-32(57)49-39(43)52-36(29)62)82-86(69,70)73-8-20-16(80-84(64,65)66)3-24(77-20)55-11-44-27-30(55)47-37(41)50-34(27)60/h6,11-13,15-26,58H,2-5,7-10H2,1H3,(H,67,68)(H,69,70)(H,71,72)(H,53,59,63)(H2,64,65,66)(H3,41,47,50,60)(H3,42,48,51,61)(H3,43,49,52,62)/t15-,16-,17-,18-,19+,20+,21+,22+,23+,24+,25+,26+/m0/s1. The number of imidazole rings is 3. The van der Waals surface area contributed by atoms with Crippen molar-refractivity contribution >= 4 is 82.6 Å². The molecule has 7 aromatic rings. The van der Waals surface area contributed by atoms with Gasteiger partial charge in [0.15, 0.2) is 33.5 Å². The minimum Gasteiger partial charge on any atom is -0.394 e. The number of aromatic nitrogens is 14. The van der Waals surface area contributed by atoms with Crippen LogP contribution < -0.4 is 45.1 Å². The number of nitrogens with zero attached hydrogens (tertiary/aromatic N) is 10. The van der Waals surface area contributed by atoms with Crippen molar-refractivity contribution in [1.82, 2.24) is 68.1 Å². The Morgan fingerprint density at radius 1 is 0.506 bits per heavy atom. The summed E-state index contributed by atoms with van der Waals surface area (Å²) in [5.74, 6) is -1.00. The fourth-order valence-corrected chi connectivity index (χ4v) is 13.5. The van der Waals surface area contributed by atoms with Crippen molar-refractivity contribution in [3.05, 3.63) is 82.6 Å². The van der Waals surface area contributed by atoms with E-state index in [0.29, 0.717) is 0 Å². The van der Waals surface area contributed by atoms with Gasteiger partial charge < -0.3 is 65.7 Å². The fourth-order valence-electron chi connectivity index (χ4n) is 10.1. The SMILES string of the molecule is Cc1cn([C@H]2C[C@H](OP(=O)(O)OC[C@H]3O[C@@H](n4cnc5c(=O)[nH]c(N)nc54)C[C@@H]3OP(=O)(O)OC[C@H]3O[C@@H](n4cnc5c(=O)[nH]c(N)nc54)C[C@@H]3OP(=O)(O)OC[C@H]3O[C@@H](n4cnc5c(=O)[nH]c(N)nc54)C[C@@H]3OP(=O)(O)O)[C@@H](CO)O2)c(=O)[nH]c1=O. The first-order valence-electron chi connectivity index (χ1n) is 25.4. The van der Waals surface area contributed by atoms with Crippen LogP contribution in [-0.2, 0) is 68.9 Å². The Kier molecular flexibility index (Phi) is 16.9. The molecule has 472 valence electrons. The van der Waals surface area contributed by atoms with Crippen molar-refractivity contribution in [2.45, 2.75) is 106 Å². The molecule has 43 nitrogen and oxygen atoms in total. The number of aryl methyl sites for hydroxylation is 1. The van der Waals surface area contributed by atoms with E-state index in [9.17, 15) is 71.8 Å². The van der Waals surface area contributed by atoms with Crippen LogP contribution in [0.1, 0.15) is 56.2 Å². The molecule has 11 rings (SSSR count). The Morgan fingerprint density at radius 2 is 0.828 bits per heavy atom. The number of aromatic amines is 4. The number of hydrogen-bond donors (Lipinski definition) is 13. The summed E-state index contributed by atoms with van der Waals surface area (Å²) in [6.45, 7) is -2.36. The van der Waals surface area contributed by atoms with Gasteiger partial charge >= 0.3 is 37.0 Å². The molecule has 0 radical (unpaired) electrons. The lowest BCUT2D eigenvalue weighted by molar-refractivity contribution is -0.0622. The summed E-state index contributed by atoms with van der Waals surface area (Å²) in [5, 5.41) is 10.1. The third kappa shape index (κ3) is 13.4. The molecule has 4 saturated heterocycles. The number of phosphoric acid groups is 4. The number of nitrogens with two attached hydrogens (primary N) is 3. The molecule has 47 heteroatoms. The zero-order valence-corrected chi connectivity index (χ0v) is 47.8. The van der Waals surface area contributed by atoms with Gasteiger partial charge in [0.2, 0.25) is 17.8 Å². The minimum absolute atomic E-state index is 0.102. The van der Waals surface area contributed by atoms with Gasteiger partial charge in [-0.15, -0.1) is 0 Å². The van der Waals surface area contributed by atoms with Gasteiger partial charge in [0.25, 0.3) is 22.2 Å². The number of ether oxygens (including phenoxy) is 4. The van der Waals surface area contributed by atoms with Crippen molar-refractivity contribution in [1.29, 1.82) is 0 Å². The Bertz CT molecular complexity index is 4290. The van der Waals surface area contributed by atoms with Crippen molar-refractivity contribution in [3.63, 3.8) is 0 Å². The normalized spacial score (nSPS) is 28.2. The van der Waals surface area contributed by atoms with Crippen LogP contribution in [0.2, 0.25) is 0 Å². The van der Waals surface area contributed by atoms with E-state index >= 15 is 0 Å². The van der Waals surface area contributed by atoms with Gasteiger partial charge in [-0.2, -0.15) is 15.0 Å². The predicted octanol–water partition coefficient (Wildman–Crippen LogP) is -2.88. The number of phosphoric ester groups is 4. The van der Waals surface area contributed by atoms with Crippen LogP contribution in [0, 0.1) is 6.92 Å². The molecular formula is C40H51N17O26P4. The van der Waals surface area contributed by atoms with E-state index in [1.165, 1.54) is 26.8 Å². The summed E-state index contributed by atoms with van der Waals surface area (Å²) < 4.78 is 120. The van der Waals surface area contributed by atoms with Crippen LogP contribution in [0.15, 0.2) is 49.2 Å². The molecular weight excluding hydrogens is 1260 g/mol. The lowest BCUT2D eigenvalue weighted by Crippen LogP contribution is -2.33. The molecule has 87 heavy (non-hydrogen) atoms. The first kappa shape index (κ1) is 62.0. The van der Waals surface area contributed by atoms with E-state index < -0.39 is 172 Å².